The van der Waals surface area contributed by atoms with Crippen molar-refractivity contribution in [3.8, 4) is 0 Å². The summed E-state index contributed by atoms with van der Waals surface area (Å²) in [6.07, 6.45) is 0. The number of nitrogens with zero attached hydrogens (tertiary/aromatic N) is 2. The molecule has 4 N–H and O–H groups in total. The van der Waals surface area contributed by atoms with Crippen LogP contribution >= 0.6 is 8.25 Å². The number of carboxylic acid groups (broad SMARTS) is 1. The zero-order chi connectivity index (χ0) is 10.4. The van der Waals surface area contributed by atoms with E-state index in [-0.39, 0.29) is 12.5 Å². The van der Waals surface area contributed by atoms with Crippen molar-refractivity contribution in [2.45, 2.75) is 0 Å². The summed E-state index contributed by atoms with van der Waals surface area (Å²) in [5.41, 5.74) is 5.16. The second-order valence-electron chi connectivity index (χ2n) is 2.02. The minimum Gasteiger partial charge on any atom is -0.480 e. The summed E-state index contributed by atoms with van der Waals surface area (Å²) < 4.78 is 13.9. The van der Waals surface area contributed by atoms with Crippen LogP contribution < -0.4 is 5.73 Å². The van der Waals surface area contributed by atoms with Crippen molar-refractivity contribution in [3.05, 3.63) is 0 Å². The molecule has 0 fully saturated rings. The highest BCUT2D eigenvalue weighted by Gasteiger charge is 2.14. The van der Waals surface area contributed by atoms with E-state index in [1.54, 1.807) is 0 Å². The Hall–Kier alpha value is -1.40. The first-order valence-corrected chi connectivity index (χ1v) is 4.16. The number of carbonyl (C=O) groups is 1. The third-order valence-corrected chi connectivity index (χ3v) is 1.19. The number of carboxylic acids is 1. The van der Waals surface area contributed by atoms with Gasteiger partial charge in [0.25, 0.3) is 0 Å². The number of guanidine groups is 1. The van der Waals surface area contributed by atoms with Crippen LogP contribution in [0.3, 0.4) is 0 Å². The monoisotopic (exact) mass is 210 g/mol. The number of hydrogen-bond acceptors (Lipinski definition) is 4. The standard InChI is InChI=1S/C4H8N3O5P/c1-7(2-3(8)9)4(5)6-12-13(10)11/h2H2,1H3,(H3-,5,6,8,9,10,11)/p+1. The smallest absolute Gasteiger partial charge is 0.480 e. The molecule has 0 aromatic heterocycles. The van der Waals surface area contributed by atoms with Gasteiger partial charge in [0.15, 0.2) is 0 Å². The molecule has 0 aromatic rings. The first kappa shape index (κ1) is 11.6. The average molecular weight is 210 g/mol. The molecule has 0 saturated heterocycles. The van der Waals surface area contributed by atoms with Crippen LogP contribution in [0.5, 0.6) is 0 Å². The van der Waals surface area contributed by atoms with E-state index in [9.17, 15) is 9.36 Å². The predicted molar refractivity (Wildman–Crippen MR) is 42.8 cm³/mol. The largest absolute Gasteiger partial charge is 0.770 e. The van der Waals surface area contributed by atoms with E-state index in [0.29, 0.717) is 0 Å². The predicted octanol–water partition coefficient (Wildman–Crippen LogP) is -1.10. The van der Waals surface area contributed by atoms with E-state index in [1.807, 2.05) is 0 Å². The topological polar surface area (TPSA) is 125 Å². The van der Waals surface area contributed by atoms with E-state index >= 15 is 0 Å². The summed E-state index contributed by atoms with van der Waals surface area (Å²) in [5, 5.41) is 11.3. The lowest BCUT2D eigenvalue weighted by Crippen LogP contribution is -2.37. The Morgan fingerprint density at radius 1 is 1.77 bits per heavy atom. The highest BCUT2D eigenvalue weighted by Crippen LogP contribution is 2.14. The van der Waals surface area contributed by atoms with Crippen LogP contribution in [0.25, 0.3) is 0 Å². The molecule has 1 unspecified atom stereocenters. The quantitative estimate of drug-likeness (QED) is 0.232. The van der Waals surface area contributed by atoms with E-state index in [2.05, 4.69) is 9.78 Å². The summed E-state index contributed by atoms with van der Waals surface area (Å²) in [6, 6.07) is 0. The Kier molecular flexibility index (Phi) is 4.71. The molecule has 0 radical (unpaired) electrons. The first-order chi connectivity index (χ1) is 5.93. The Labute approximate surface area is 74.5 Å². The molecule has 9 heteroatoms. The second-order valence-corrected chi connectivity index (χ2v) is 2.66. The average Bonchev–Trinajstić information content (AvgIpc) is 1.98. The highest BCUT2D eigenvalue weighted by molar-refractivity contribution is 7.32. The highest BCUT2D eigenvalue weighted by atomic mass is 31.1. The van der Waals surface area contributed by atoms with Gasteiger partial charge in [-0.1, -0.05) is 0 Å². The maximum Gasteiger partial charge on any atom is 0.770 e. The minimum atomic E-state index is -2.87. The first-order valence-electron chi connectivity index (χ1n) is 3.03. The zero-order valence-electron chi connectivity index (χ0n) is 6.75. The Balaban J connectivity index is 4.07. The molecular weight excluding hydrogens is 201 g/mol. The van der Waals surface area contributed by atoms with Gasteiger partial charge in [-0.05, 0) is 0 Å². The Bertz CT molecular complexity index is 242. The van der Waals surface area contributed by atoms with Crippen molar-refractivity contribution in [3.63, 3.8) is 0 Å². The summed E-state index contributed by atoms with van der Waals surface area (Å²) in [5.74, 6) is -1.39. The fourth-order valence-electron chi connectivity index (χ4n) is 0.430. The lowest BCUT2D eigenvalue weighted by atomic mass is 10.6. The number of likely N-dealkylation sites (N-methyl/N-ethyl adjacent to an activating group) is 1. The van der Waals surface area contributed by atoms with Crippen molar-refractivity contribution in [2.24, 2.45) is 10.9 Å². The van der Waals surface area contributed by atoms with E-state index in [0.717, 1.165) is 4.90 Å². The molecule has 74 valence electrons. The van der Waals surface area contributed by atoms with Crippen LogP contribution in [-0.4, -0.2) is 40.4 Å². The number of aliphatic carboxylic acids is 1. The molecule has 0 heterocycles. The van der Waals surface area contributed by atoms with E-state index < -0.39 is 14.2 Å². The maximum absolute atomic E-state index is 10.2. The van der Waals surface area contributed by atoms with Gasteiger partial charge in [0, 0.05) is 16.8 Å². The molecule has 0 amide bonds. The summed E-state index contributed by atoms with van der Waals surface area (Å²) in [7, 11) is -1.52. The molecule has 0 saturated carbocycles. The lowest BCUT2D eigenvalue weighted by Gasteiger charge is -2.12. The van der Waals surface area contributed by atoms with Gasteiger partial charge in [-0.15, -0.1) is 9.52 Å². The molecule has 0 rings (SSSR count). The van der Waals surface area contributed by atoms with Gasteiger partial charge in [-0.3, -0.25) is 4.79 Å². The van der Waals surface area contributed by atoms with Gasteiger partial charge in [0.2, 0.25) is 5.96 Å². The molecule has 0 spiro atoms. The van der Waals surface area contributed by atoms with Gasteiger partial charge in [-0.25, -0.2) is 0 Å². The van der Waals surface area contributed by atoms with Gasteiger partial charge >= 0.3 is 14.2 Å². The summed E-state index contributed by atoms with van der Waals surface area (Å²) >= 11 is 0. The molecule has 0 aliphatic heterocycles. The van der Waals surface area contributed by atoms with Gasteiger partial charge < -0.3 is 15.7 Å². The van der Waals surface area contributed by atoms with E-state index in [4.69, 9.17) is 15.7 Å². The van der Waals surface area contributed by atoms with Crippen molar-refractivity contribution in [1.29, 1.82) is 0 Å². The van der Waals surface area contributed by atoms with Crippen LogP contribution in [-0.2, 0) is 14.0 Å². The van der Waals surface area contributed by atoms with Crippen molar-refractivity contribution in [1.82, 2.24) is 4.90 Å². The van der Waals surface area contributed by atoms with Crippen LogP contribution in [0.15, 0.2) is 5.16 Å². The third kappa shape index (κ3) is 5.83. The Morgan fingerprint density at radius 2 is 2.31 bits per heavy atom. The van der Waals surface area contributed by atoms with Crippen molar-refractivity contribution < 1.29 is 24.0 Å². The SMILES string of the molecule is CN(CC(=O)O)C(N)=NO[P+](=O)O. The molecule has 8 nitrogen and oxygen atoms in total. The van der Waals surface area contributed by atoms with Crippen LogP contribution in [0, 0.1) is 0 Å². The number of hydrogen-bond donors (Lipinski definition) is 3. The lowest BCUT2D eigenvalue weighted by molar-refractivity contribution is -0.137. The normalized spacial score (nSPS) is 12.2. The van der Waals surface area contributed by atoms with Gasteiger partial charge in [-0.2, -0.15) is 0 Å². The van der Waals surface area contributed by atoms with Crippen LogP contribution in [0.4, 0.5) is 0 Å². The summed E-state index contributed by atoms with van der Waals surface area (Å²) in [6.45, 7) is -0.374. The molecular formula is C4H9N3O5P+. The van der Waals surface area contributed by atoms with E-state index in [1.165, 1.54) is 7.05 Å². The molecule has 0 aliphatic carbocycles. The number of nitrogens with two attached hydrogens (primary N) is 1. The fraction of sp³-hybridized carbons (Fsp3) is 0.500. The Morgan fingerprint density at radius 3 is 2.69 bits per heavy atom. The molecule has 13 heavy (non-hydrogen) atoms. The molecule has 0 bridgehead atoms. The van der Waals surface area contributed by atoms with Crippen LogP contribution in [0.2, 0.25) is 0 Å². The minimum absolute atomic E-state index is 0.292. The number of rotatable bonds is 4. The molecule has 1 atom stereocenters. The molecule has 0 aromatic carbocycles. The maximum atomic E-state index is 10.2. The second kappa shape index (κ2) is 5.28. The number of oxime groups is 1. The summed E-state index contributed by atoms with van der Waals surface area (Å²) in [4.78, 5) is 19.3. The third-order valence-electron chi connectivity index (χ3n) is 0.968. The molecule has 0 aliphatic rings. The zero-order valence-corrected chi connectivity index (χ0v) is 7.64. The van der Waals surface area contributed by atoms with Crippen LogP contribution in [0.1, 0.15) is 0 Å². The van der Waals surface area contributed by atoms with Gasteiger partial charge in [0.1, 0.15) is 6.54 Å². The van der Waals surface area contributed by atoms with Crippen molar-refractivity contribution >= 4 is 20.2 Å². The fourth-order valence-corrected chi connectivity index (χ4v) is 0.584. The van der Waals surface area contributed by atoms with Gasteiger partial charge in [0.05, 0.1) is 0 Å². The van der Waals surface area contributed by atoms with Crippen molar-refractivity contribution in [2.75, 3.05) is 13.6 Å².